The van der Waals surface area contributed by atoms with Gasteiger partial charge in [-0.15, -0.1) is 0 Å². The average Bonchev–Trinajstić information content (AvgIpc) is 3.05. The Morgan fingerprint density at radius 1 is 0.778 bits per heavy atom. The second-order valence-electron chi connectivity index (χ2n) is 7.61. The van der Waals surface area contributed by atoms with Crippen LogP contribution in [-0.2, 0) is 0 Å². The summed E-state index contributed by atoms with van der Waals surface area (Å²) >= 11 is 0. The van der Waals surface area contributed by atoms with Crippen molar-refractivity contribution in [1.29, 1.82) is 0 Å². The first kappa shape index (κ1) is 13.0. The van der Waals surface area contributed by atoms with Gasteiger partial charge in [0.2, 0.25) is 0 Å². The smallest absolute Gasteiger partial charge is 0.0237 e. The van der Waals surface area contributed by atoms with Gasteiger partial charge in [0.05, 0.1) is 0 Å². The molecule has 1 aliphatic heterocycles. The molecular weight excluding hydrogens is 218 g/mol. The minimum Gasteiger partial charge on any atom is -0.311 e. The normalized spacial score (nSPS) is 43.7. The minimum atomic E-state index is 0.427. The molecule has 2 aliphatic carbocycles. The van der Waals surface area contributed by atoms with E-state index in [1.54, 1.807) is 0 Å². The number of hydrogen-bond donors (Lipinski definition) is 1. The standard InChI is InChI=1S/C17H31N/c1-16(14-8-3-4-9-14)12-7-13-18-17(16,2)15-10-5-6-11-15/h14-15,18H,3-13H2,1-2H3. The van der Waals surface area contributed by atoms with E-state index in [9.17, 15) is 0 Å². The van der Waals surface area contributed by atoms with Crippen molar-refractivity contribution in [3.05, 3.63) is 0 Å². The molecule has 0 aromatic heterocycles. The summed E-state index contributed by atoms with van der Waals surface area (Å²) in [4.78, 5) is 0. The molecular formula is C17H31N. The van der Waals surface area contributed by atoms with E-state index in [4.69, 9.17) is 0 Å². The van der Waals surface area contributed by atoms with E-state index < -0.39 is 0 Å². The van der Waals surface area contributed by atoms with Gasteiger partial charge in [-0.05, 0) is 69.2 Å². The highest BCUT2D eigenvalue weighted by Gasteiger charge is 2.54. The highest BCUT2D eigenvalue weighted by atomic mass is 15.0. The lowest BCUT2D eigenvalue weighted by Crippen LogP contribution is -2.64. The summed E-state index contributed by atoms with van der Waals surface area (Å²) in [5.41, 5.74) is 0.994. The molecule has 0 bridgehead atoms. The molecule has 0 aromatic rings. The van der Waals surface area contributed by atoms with E-state index in [0.717, 1.165) is 11.8 Å². The van der Waals surface area contributed by atoms with Crippen LogP contribution in [0, 0.1) is 17.3 Å². The van der Waals surface area contributed by atoms with Gasteiger partial charge in [0.25, 0.3) is 0 Å². The summed E-state index contributed by atoms with van der Waals surface area (Å²) < 4.78 is 0. The first-order chi connectivity index (χ1) is 8.67. The lowest BCUT2D eigenvalue weighted by molar-refractivity contribution is -0.0258. The van der Waals surface area contributed by atoms with Crippen LogP contribution in [0.4, 0.5) is 0 Å². The van der Waals surface area contributed by atoms with Gasteiger partial charge >= 0.3 is 0 Å². The number of rotatable bonds is 2. The van der Waals surface area contributed by atoms with Crippen LogP contribution >= 0.6 is 0 Å². The molecule has 3 aliphatic rings. The molecule has 2 saturated carbocycles. The van der Waals surface area contributed by atoms with Crippen molar-refractivity contribution in [2.24, 2.45) is 17.3 Å². The Hall–Kier alpha value is -0.0400. The van der Waals surface area contributed by atoms with Crippen molar-refractivity contribution in [2.45, 2.75) is 83.6 Å². The highest BCUT2D eigenvalue weighted by molar-refractivity contribution is 5.09. The van der Waals surface area contributed by atoms with Crippen LogP contribution in [0.15, 0.2) is 0 Å². The fourth-order valence-electron chi connectivity index (χ4n) is 5.57. The zero-order valence-corrected chi connectivity index (χ0v) is 12.4. The van der Waals surface area contributed by atoms with Crippen LogP contribution in [0.2, 0.25) is 0 Å². The Morgan fingerprint density at radius 3 is 1.94 bits per heavy atom. The van der Waals surface area contributed by atoms with E-state index in [1.165, 1.54) is 70.8 Å². The third-order valence-corrected chi connectivity index (χ3v) is 6.98. The molecule has 3 fully saturated rings. The summed E-state index contributed by atoms with van der Waals surface area (Å²) in [6, 6.07) is 0. The molecule has 0 radical (unpaired) electrons. The maximum absolute atomic E-state index is 4.00. The number of nitrogens with one attached hydrogen (secondary N) is 1. The van der Waals surface area contributed by atoms with Crippen LogP contribution in [0.5, 0.6) is 0 Å². The Balaban J connectivity index is 1.87. The van der Waals surface area contributed by atoms with Crippen LogP contribution in [-0.4, -0.2) is 12.1 Å². The topological polar surface area (TPSA) is 12.0 Å². The molecule has 2 unspecified atom stereocenters. The Labute approximate surface area is 113 Å². The number of hydrogen-bond acceptors (Lipinski definition) is 1. The van der Waals surface area contributed by atoms with Crippen LogP contribution in [0.25, 0.3) is 0 Å². The zero-order chi connectivity index (χ0) is 12.6. The lowest BCUT2D eigenvalue weighted by atomic mass is 9.55. The maximum Gasteiger partial charge on any atom is 0.0237 e. The first-order valence-corrected chi connectivity index (χ1v) is 8.42. The molecule has 0 spiro atoms. The molecule has 1 N–H and O–H groups in total. The maximum atomic E-state index is 4.00. The first-order valence-electron chi connectivity index (χ1n) is 8.42. The predicted octanol–water partition coefficient (Wildman–Crippen LogP) is 4.52. The van der Waals surface area contributed by atoms with Crippen molar-refractivity contribution in [2.75, 3.05) is 6.54 Å². The molecule has 0 aromatic carbocycles. The quantitative estimate of drug-likeness (QED) is 0.759. The second-order valence-corrected chi connectivity index (χ2v) is 7.61. The van der Waals surface area contributed by atoms with Gasteiger partial charge in [-0.2, -0.15) is 0 Å². The molecule has 18 heavy (non-hydrogen) atoms. The van der Waals surface area contributed by atoms with E-state index in [2.05, 4.69) is 19.2 Å². The third-order valence-electron chi connectivity index (χ3n) is 6.98. The summed E-state index contributed by atoms with van der Waals surface area (Å²) in [5, 5.41) is 4.00. The summed E-state index contributed by atoms with van der Waals surface area (Å²) in [6.07, 6.45) is 14.7. The van der Waals surface area contributed by atoms with Crippen molar-refractivity contribution in [1.82, 2.24) is 5.32 Å². The van der Waals surface area contributed by atoms with Gasteiger partial charge in [-0.3, -0.25) is 0 Å². The van der Waals surface area contributed by atoms with Gasteiger partial charge in [-0.1, -0.05) is 32.6 Å². The molecule has 104 valence electrons. The Bertz CT molecular complexity index is 258. The second kappa shape index (κ2) is 4.81. The SMILES string of the molecule is CC1(C2CCCC2)CCCNC1(C)C1CCCC1. The van der Waals surface area contributed by atoms with Crippen LogP contribution < -0.4 is 5.32 Å². The third kappa shape index (κ3) is 1.85. The highest BCUT2D eigenvalue weighted by Crippen LogP contribution is 2.55. The summed E-state index contributed by atoms with van der Waals surface area (Å²) in [5.74, 6) is 1.94. The molecule has 0 amide bonds. The van der Waals surface area contributed by atoms with Crippen molar-refractivity contribution in [3.63, 3.8) is 0 Å². The van der Waals surface area contributed by atoms with Crippen molar-refractivity contribution < 1.29 is 0 Å². The van der Waals surface area contributed by atoms with Gasteiger partial charge < -0.3 is 5.32 Å². The van der Waals surface area contributed by atoms with Gasteiger partial charge in [0.1, 0.15) is 0 Å². The van der Waals surface area contributed by atoms with Crippen LogP contribution in [0.1, 0.15) is 78.1 Å². The van der Waals surface area contributed by atoms with E-state index in [1.807, 2.05) is 0 Å². The van der Waals surface area contributed by atoms with Crippen molar-refractivity contribution >= 4 is 0 Å². The monoisotopic (exact) mass is 249 g/mol. The van der Waals surface area contributed by atoms with Crippen LogP contribution in [0.3, 0.4) is 0 Å². The molecule has 1 nitrogen and oxygen atoms in total. The summed E-state index contributed by atoms with van der Waals surface area (Å²) in [7, 11) is 0. The molecule has 1 heterocycles. The fourth-order valence-corrected chi connectivity index (χ4v) is 5.57. The molecule has 3 rings (SSSR count). The summed E-state index contributed by atoms with van der Waals surface area (Å²) in [6.45, 7) is 6.48. The zero-order valence-electron chi connectivity index (χ0n) is 12.4. The minimum absolute atomic E-state index is 0.427. The van der Waals surface area contributed by atoms with E-state index in [-0.39, 0.29) is 0 Å². The fraction of sp³-hybridized carbons (Fsp3) is 1.00. The van der Waals surface area contributed by atoms with E-state index >= 15 is 0 Å². The molecule has 1 saturated heterocycles. The molecule has 2 atom stereocenters. The largest absolute Gasteiger partial charge is 0.311 e. The average molecular weight is 249 g/mol. The molecule has 1 heteroatoms. The lowest BCUT2D eigenvalue weighted by Gasteiger charge is -2.57. The van der Waals surface area contributed by atoms with Crippen molar-refractivity contribution in [3.8, 4) is 0 Å². The number of piperidine rings is 1. The van der Waals surface area contributed by atoms with Gasteiger partial charge in [0.15, 0.2) is 0 Å². The predicted molar refractivity (Wildman–Crippen MR) is 77.7 cm³/mol. The van der Waals surface area contributed by atoms with E-state index in [0.29, 0.717) is 11.0 Å². The Morgan fingerprint density at radius 2 is 1.33 bits per heavy atom. The van der Waals surface area contributed by atoms with Gasteiger partial charge in [0, 0.05) is 5.54 Å². The van der Waals surface area contributed by atoms with Gasteiger partial charge in [-0.25, -0.2) is 0 Å². The Kier molecular flexibility index (Phi) is 3.47.